The van der Waals surface area contributed by atoms with Crippen LogP contribution in [0.25, 0.3) is 0 Å². The second-order valence-electron chi connectivity index (χ2n) is 7.26. The van der Waals surface area contributed by atoms with E-state index in [-0.39, 0.29) is 12.0 Å². The summed E-state index contributed by atoms with van der Waals surface area (Å²) in [5.74, 6) is 1.63. The van der Waals surface area contributed by atoms with E-state index in [1.807, 2.05) is 31.3 Å². The molecular formula is C22H25NO3. The molecule has 0 saturated carbocycles. The second kappa shape index (κ2) is 7.40. The predicted molar refractivity (Wildman–Crippen MR) is 101 cm³/mol. The topological polar surface area (TPSA) is 38.8 Å². The van der Waals surface area contributed by atoms with Crippen molar-refractivity contribution in [1.29, 1.82) is 0 Å². The minimum absolute atomic E-state index is 0.114. The maximum absolute atomic E-state index is 12.6. The van der Waals surface area contributed by atoms with Gasteiger partial charge in [-0.25, -0.2) is 0 Å². The van der Waals surface area contributed by atoms with Gasteiger partial charge in [0.05, 0.1) is 13.0 Å². The molecule has 2 aromatic carbocycles. The van der Waals surface area contributed by atoms with Crippen molar-refractivity contribution in [2.24, 2.45) is 0 Å². The molecule has 1 unspecified atom stereocenters. The Balaban J connectivity index is 1.35. The number of likely N-dealkylation sites (N-methyl/N-ethyl adjacent to an activating group) is 1. The van der Waals surface area contributed by atoms with Crippen molar-refractivity contribution in [3.63, 3.8) is 0 Å². The zero-order valence-electron chi connectivity index (χ0n) is 15.2. The van der Waals surface area contributed by atoms with Crippen molar-refractivity contribution in [1.82, 2.24) is 4.90 Å². The quantitative estimate of drug-likeness (QED) is 0.847. The third kappa shape index (κ3) is 3.69. The fourth-order valence-electron chi connectivity index (χ4n) is 3.77. The first kappa shape index (κ1) is 17.0. The van der Waals surface area contributed by atoms with Crippen LogP contribution in [0.3, 0.4) is 0 Å². The van der Waals surface area contributed by atoms with Crippen molar-refractivity contribution in [3.05, 3.63) is 59.2 Å². The van der Waals surface area contributed by atoms with E-state index in [0.717, 1.165) is 23.5 Å². The Morgan fingerprint density at radius 2 is 1.85 bits per heavy atom. The molecule has 1 heterocycles. The summed E-state index contributed by atoms with van der Waals surface area (Å²) in [6, 6.07) is 14.2. The maximum Gasteiger partial charge on any atom is 0.226 e. The number of hydrogen-bond acceptors (Lipinski definition) is 3. The number of carbonyl (C=O) groups is 1. The van der Waals surface area contributed by atoms with Gasteiger partial charge in [0, 0.05) is 7.05 Å². The number of aryl methyl sites for hydroxylation is 2. The highest BCUT2D eigenvalue weighted by Gasteiger charge is 2.24. The molecule has 4 nitrogen and oxygen atoms in total. The van der Waals surface area contributed by atoms with Crippen LogP contribution in [0.2, 0.25) is 0 Å². The third-order valence-electron chi connectivity index (χ3n) is 5.24. The van der Waals surface area contributed by atoms with Gasteiger partial charge < -0.3 is 14.4 Å². The number of hydrogen-bond donors (Lipinski definition) is 0. The van der Waals surface area contributed by atoms with E-state index >= 15 is 0 Å². The smallest absolute Gasteiger partial charge is 0.226 e. The summed E-state index contributed by atoms with van der Waals surface area (Å²) in [5.41, 5.74) is 3.98. The minimum Gasteiger partial charge on any atom is -0.486 e. The average molecular weight is 351 g/mol. The van der Waals surface area contributed by atoms with E-state index in [4.69, 9.17) is 9.47 Å². The van der Waals surface area contributed by atoms with Gasteiger partial charge in [0.2, 0.25) is 5.91 Å². The predicted octanol–water partition coefficient (Wildman–Crippen LogP) is 3.41. The van der Waals surface area contributed by atoms with E-state index in [2.05, 4.69) is 18.2 Å². The fourth-order valence-corrected chi connectivity index (χ4v) is 3.77. The van der Waals surface area contributed by atoms with Crippen molar-refractivity contribution < 1.29 is 14.3 Å². The van der Waals surface area contributed by atoms with Crippen LogP contribution < -0.4 is 9.47 Å². The molecule has 2 aromatic rings. The monoisotopic (exact) mass is 351 g/mol. The van der Waals surface area contributed by atoms with Crippen LogP contribution in [0.15, 0.2) is 42.5 Å². The molecule has 0 fully saturated rings. The van der Waals surface area contributed by atoms with Crippen LogP contribution in [0, 0.1) is 0 Å². The Kier molecular flexibility index (Phi) is 4.83. The first-order valence-corrected chi connectivity index (χ1v) is 9.42. The number of ether oxygens (including phenoxy) is 2. The Bertz CT molecular complexity index is 802. The number of para-hydroxylation sites is 2. The van der Waals surface area contributed by atoms with Crippen molar-refractivity contribution >= 4 is 5.91 Å². The summed E-state index contributed by atoms with van der Waals surface area (Å²) in [6.45, 7) is 0.992. The highest BCUT2D eigenvalue weighted by molar-refractivity contribution is 5.78. The zero-order valence-corrected chi connectivity index (χ0v) is 15.2. The van der Waals surface area contributed by atoms with Crippen molar-refractivity contribution in [3.8, 4) is 11.5 Å². The molecule has 0 radical (unpaired) electrons. The number of nitrogens with zero attached hydrogens (tertiary/aromatic N) is 1. The Hall–Kier alpha value is -2.49. The molecule has 1 aliphatic heterocycles. The van der Waals surface area contributed by atoms with Crippen LogP contribution in [-0.4, -0.2) is 37.1 Å². The Labute approximate surface area is 154 Å². The molecule has 0 spiro atoms. The van der Waals surface area contributed by atoms with Gasteiger partial charge in [-0.2, -0.15) is 0 Å². The molecule has 1 atom stereocenters. The van der Waals surface area contributed by atoms with E-state index in [1.165, 1.54) is 30.4 Å². The highest BCUT2D eigenvalue weighted by Crippen LogP contribution is 2.31. The summed E-state index contributed by atoms with van der Waals surface area (Å²) in [6.07, 6.45) is 5.14. The zero-order chi connectivity index (χ0) is 17.9. The van der Waals surface area contributed by atoms with Gasteiger partial charge in [0.25, 0.3) is 0 Å². The van der Waals surface area contributed by atoms with Gasteiger partial charge in [-0.1, -0.05) is 30.3 Å². The van der Waals surface area contributed by atoms with Crippen LogP contribution in [0.4, 0.5) is 0 Å². The highest BCUT2D eigenvalue weighted by atomic mass is 16.6. The van der Waals surface area contributed by atoms with E-state index in [9.17, 15) is 4.79 Å². The number of rotatable bonds is 4. The van der Waals surface area contributed by atoms with E-state index in [1.54, 1.807) is 4.90 Å². The molecule has 1 aliphatic carbocycles. The summed E-state index contributed by atoms with van der Waals surface area (Å²) < 4.78 is 11.7. The Morgan fingerprint density at radius 3 is 2.69 bits per heavy atom. The summed E-state index contributed by atoms with van der Waals surface area (Å²) in [4.78, 5) is 14.4. The summed E-state index contributed by atoms with van der Waals surface area (Å²) in [5, 5.41) is 0. The molecule has 2 aliphatic rings. The van der Waals surface area contributed by atoms with E-state index in [0.29, 0.717) is 19.6 Å². The number of fused-ring (bicyclic) bond motifs is 2. The normalized spacial score (nSPS) is 18.1. The van der Waals surface area contributed by atoms with Gasteiger partial charge in [0.15, 0.2) is 17.6 Å². The molecule has 0 N–H and O–H groups in total. The molecule has 26 heavy (non-hydrogen) atoms. The van der Waals surface area contributed by atoms with Gasteiger partial charge in [-0.15, -0.1) is 0 Å². The standard InChI is InChI=1S/C22H25NO3/c1-23(14-19-15-25-20-8-4-5-9-21(20)26-19)22(24)13-16-10-11-17-6-2-3-7-18(17)12-16/h4-5,8-12,19H,2-3,6-7,13-15H2,1H3. The number of amides is 1. The summed E-state index contributed by atoms with van der Waals surface area (Å²) in [7, 11) is 1.84. The molecule has 0 aromatic heterocycles. The van der Waals surface area contributed by atoms with Crippen LogP contribution in [0.1, 0.15) is 29.5 Å². The Morgan fingerprint density at radius 1 is 1.08 bits per heavy atom. The first-order chi connectivity index (χ1) is 12.7. The van der Waals surface area contributed by atoms with Gasteiger partial charge >= 0.3 is 0 Å². The lowest BCUT2D eigenvalue weighted by Gasteiger charge is -2.29. The first-order valence-electron chi connectivity index (χ1n) is 9.42. The van der Waals surface area contributed by atoms with Crippen molar-refractivity contribution in [2.45, 2.75) is 38.2 Å². The molecule has 1 amide bonds. The van der Waals surface area contributed by atoms with Crippen LogP contribution in [-0.2, 0) is 24.1 Å². The fraction of sp³-hybridized carbons (Fsp3) is 0.409. The lowest BCUT2D eigenvalue weighted by molar-refractivity contribution is -0.130. The molecule has 0 bridgehead atoms. The SMILES string of the molecule is CN(CC1COc2ccccc2O1)C(=O)Cc1ccc2c(c1)CCCC2. The average Bonchev–Trinajstić information content (AvgIpc) is 2.67. The lowest BCUT2D eigenvalue weighted by Crippen LogP contribution is -2.42. The summed E-state index contributed by atoms with van der Waals surface area (Å²) >= 11 is 0. The van der Waals surface area contributed by atoms with E-state index < -0.39 is 0 Å². The molecule has 136 valence electrons. The van der Waals surface area contributed by atoms with Gasteiger partial charge in [-0.05, 0) is 54.5 Å². The number of carbonyl (C=O) groups excluding carboxylic acids is 1. The molecule has 4 rings (SSSR count). The molecule has 0 saturated heterocycles. The van der Waals surface area contributed by atoms with Crippen LogP contribution >= 0.6 is 0 Å². The third-order valence-corrected chi connectivity index (χ3v) is 5.24. The maximum atomic E-state index is 12.6. The minimum atomic E-state index is -0.137. The number of benzene rings is 2. The molecule has 4 heteroatoms. The lowest BCUT2D eigenvalue weighted by atomic mass is 9.90. The second-order valence-corrected chi connectivity index (χ2v) is 7.26. The van der Waals surface area contributed by atoms with Crippen molar-refractivity contribution in [2.75, 3.05) is 20.2 Å². The van der Waals surface area contributed by atoms with Crippen LogP contribution in [0.5, 0.6) is 11.5 Å². The van der Waals surface area contributed by atoms with Gasteiger partial charge in [0.1, 0.15) is 6.61 Å². The molecular weight excluding hydrogens is 326 g/mol. The van der Waals surface area contributed by atoms with Gasteiger partial charge in [-0.3, -0.25) is 4.79 Å². The largest absolute Gasteiger partial charge is 0.486 e.